The highest BCUT2D eigenvalue weighted by molar-refractivity contribution is 7.73. The zero-order chi connectivity index (χ0) is 17.8. The van der Waals surface area contributed by atoms with E-state index in [9.17, 15) is 0 Å². The first-order valence-corrected chi connectivity index (χ1v) is 10.5. The molecular weight excluding hydrogens is 338 g/mol. The molecule has 130 valence electrons. The second kappa shape index (κ2) is 8.18. The van der Waals surface area contributed by atoms with E-state index >= 15 is 0 Å². The molecule has 1 heterocycles. The van der Waals surface area contributed by atoms with Crippen molar-refractivity contribution in [1.29, 1.82) is 0 Å². The van der Waals surface area contributed by atoms with Crippen LogP contribution in [0.5, 0.6) is 0 Å². The Morgan fingerprint density at radius 2 is 1.23 bits per heavy atom. The summed E-state index contributed by atoms with van der Waals surface area (Å²) in [5.74, 6) is 0.128. The van der Waals surface area contributed by atoms with Crippen molar-refractivity contribution in [3.05, 3.63) is 91.0 Å². The summed E-state index contributed by atoms with van der Waals surface area (Å²) in [5.41, 5.74) is 1.08. The number of hydrogen-bond acceptors (Lipinski definition) is 2. The number of benzene rings is 3. The fraction of sp³-hybridized carbons (Fsp3) is 0.182. The van der Waals surface area contributed by atoms with Crippen molar-refractivity contribution in [3.8, 4) is 0 Å². The predicted molar refractivity (Wildman–Crippen MR) is 111 cm³/mol. The molecule has 2 atom stereocenters. The summed E-state index contributed by atoms with van der Waals surface area (Å²) in [5, 5.41) is 2.69. The average Bonchev–Trinajstić information content (AvgIpc) is 2.70. The zero-order valence-electron chi connectivity index (χ0n) is 14.9. The summed E-state index contributed by atoms with van der Waals surface area (Å²) in [6, 6.07) is 31.7. The molecule has 0 N–H and O–H groups in total. The lowest BCUT2D eigenvalue weighted by Crippen LogP contribution is -2.48. The van der Waals surface area contributed by atoms with E-state index in [0.29, 0.717) is 0 Å². The molecule has 0 aromatic heterocycles. The Balaban J connectivity index is 1.69. The highest BCUT2D eigenvalue weighted by atomic mass is 31.1. The van der Waals surface area contributed by atoms with Crippen LogP contribution in [-0.4, -0.2) is 19.1 Å². The molecule has 0 amide bonds. The first-order chi connectivity index (χ1) is 12.8. The summed E-state index contributed by atoms with van der Waals surface area (Å²) in [6.07, 6.45) is 1.06. The van der Waals surface area contributed by atoms with E-state index in [1.54, 1.807) is 0 Å². The van der Waals surface area contributed by atoms with Crippen molar-refractivity contribution in [3.63, 3.8) is 0 Å². The minimum atomic E-state index is -0.615. The first-order valence-electron chi connectivity index (χ1n) is 9.06. The maximum atomic E-state index is 6.52. The summed E-state index contributed by atoms with van der Waals surface area (Å²) >= 11 is 0. The average molecular weight is 360 g/mol. The lowest BCUT2D eigenvalue weighted by molar-refractivity contribution is 0.0692. The van der Waals surface area contributed by atoms with Crippen molar-refractivity contribution < 1.29 is 9.31 Å². The lowest BCUT2D eigenvalue weighted by Gasteiger charge is -2.37. The van der Waals surface area contributed by atoms with Gasteiger partial charge in [-0.3, -0.25) is 0 Å². The van der Waals surface area contributed by atoms with Crippen LogP contribution in [0.3, 0.4) is 0 Å². The lowest BCUT2D eigenvalue weighted by atomic mass is 9.77. The Morgan fingerprint density at radius 3 is 1.77 bits per heavy atom. The van der Waals surface area contributed by atoms with Crippen LogP contribution in [0, 0.1) is 0 Å². The van der Waals surface area contributed by atoms with E-state index in [1.807, 2.05) is 18.2 Å². The molecule has 3 aromatic carbocycles. The maximum absolute atomic E-state index is 6.52. The molecule has 4 rings (SSSR count). The van der Waals surface area contributed by atoms with Crippen LogP contribution in [0.4, 0.5) is 0 Å². The van der Waals surface area contributed by atoms with Gasteiger partial charge in [0, 0.05) is 12.5 Å². The largest absolute Gasteiger partial charge is 0.494 e. The third kappa shape index (κ3) is 3.91. The molecular formula is C22H22BO2P. The van der Waals surface area contributed by atoms with Gasteiger partial charge in [-0.05, 0) is 30.9 Å². The van der Waals surface area contributed by atoms with Gasteiger partial charge in [0.1, 0.15) is 0 Å². The molecule has 1 aliphatic rings. The Labute approximate surface area is 157 Å². The second-order valence-corrected chi connectivity index (χ2v) is 8.91. The van der Waals surface area contributed by atoms with Crippen molar-refractivity contribution in [1.82, 2.24) is 0 Å². The summed E-state index contributed by atoms with van der Waals surface area (Å²) in [6.45, 7) is 2.15. The van der Waals surface area contributed by atoms with Crippen LogP contribution in [0.25, 0.3) is 0 Å². The smallest absolute Gasteiger partial charge is 0.405 e. The van der Waals surface area contributed by atoms with Crippen LogP contribution >= 0.6 is 7.92 Å². The minimum absolute atomic E-state index is 0.128. The second-order valence-electron chi connectivity index (χ2n) is 6.56. The molecule has 0 radical (unpaired) electrons. The molecule has 3 aromatic rings. The zero-order valence-corrected chi connectivity index (χ0v) is 15.8. The van der Waals surface area contributed by atoms with Gasteiger partial charge in [-0.1, -0.05) is 91.0 Å². The third-order valence-electron chi connectivity index (χ3n) is 4.60. The number of rotatable bonds is 4. The van der Waals surface area contributed by atoms with Crippen molar-refractivity contribution in [2.45, 2.75) is 25.3 Å². The molecule has 1 fully saturated rings. The Morgan fingerprint density at radius 1 is 0.731 bits per heavy atom. The molecule has 0 saturated carbocycles. The Bertz CT molecular complexity index is 774. The topological polar surface area (TPSA) is 18.5 Å². The van der Waals surface area contributed by atoms with E-state index in [1.165, 1.54) is 10.6 Å². The quantitative estimate of drug-likeness (QED) is 0.522. The van der Waals surface area contributed by atoms with E-state index < -0.39 is 7.92 Å². The van der Waals surface area contributed by atoms with E-state index in [2.05, 4.69) is 79.7 Å². The molecule has 1 saturated heterocycles. The van der Waals surface area contributed by atoms with Crippen molar-refractivity contribution in [2.24, 2.45) is 0 Å². The summed E-state index contributed by atoms with van der Waals surface area (Å²) in [7, 11) is -0.918. The molecule has 0 unspecified atom stereocenters. The van der Waals surface area contributed by atoms with Gasteiger partial charge in [-0.2, -0.15) is 0 Å². The molecule has 26 heavy (non-hydrogen) atoms. The van der Waals surface area contributed by atoms with E-state index in [4.69, 9.17) is 9.31 Å². The van der Waals surface area contributed by atoms with Crippen LogP contribution in [0.15, 0.2) is 91.0 Å². The Hall–Kier alpha value is -1.93. The van der Waals surface area contributed by atoms with Crippen LogP contribution in [0.1, 0.15) is 13.3 Å². The van der Waals surface area contributed by atoms with Gasteiger partial charge in [-0.15, -0.1) is 0 Å². The monoisotopic (exact) mass is 360 g/mol. The van der Waals surface area contributed by atoms with Gasteiger partial charge in [0.25, 0.3) is 0 Å². The highest BCUT2D eigenvalue weighted by Crippen LogP contribution is 2.44. The molecule has 1 aliphatic heterocycles. The summed E-state index contributed by atoms with van der Waals surface area (Å²) in [4.78, 5) is 0. The minimum Gasteiger partial charge on any atom is -0.405 e. The Kier molecular flexibility index (Phi) is 5.50. The molecule has 2 nitrogen and oxygen atoms in total. The van der Waals surface area contributed by atoms with E-state index in [0.717, 1.165) is 11.9 Å². The molecule has 0 aliphatic carbocycles. The molecule has 0 bridgehead atoms. The van der Waals surface area contributed by atoms with Crippen LogP contribution in [-0.2, 0) is 9.31 Å². The van der Waals surface area contributed by atoms with Crippen LogP contribution < -0.4 is 16.1 Å². The SMILES string of the molecule is C[C@H]1C[C@H](P(c2ccccc2)c2ccccc2)OB(c2ccccc2)O1. The first kappa shape index (κ1) is 17.5. The van der Waals surface area contributed by atoms with Gasteiger partial charge in [0.15, 0.2) is 0 Å². The van der Waals surface area contributed by atoms with Gasteiger partial charge in [-0.25, -0.2) is 0 Å². The third-order valence-corrected chi connectivity index (χ3v) is 7.22. The highest BCUT2D eigenvalue weighted by Gasteiger charge is 2.38. The maximum Gasteiger partial charge on any atom is 0.494 e. The predicted octanol–water partition coefficient (Wildman–Crippen LogP) is 3.67. The van der Waals surface area contributed by atoms with Gasteiger partial charge in [0.2, 0.25) is 0 Å². The van der Waals surface area contributed by atoms with Crippen molar-refractivity contribution >= 4 is 31.1 Å². The number of hydrogen-bond donors (Lipinski definition) is 0. The van der Waals surface area contributed by atoms with Gasteiger partial charge < -0.3 is 9.31 Å². The standard InChI is InChI=1S/C22H22BO2P/c1-18-17-22(25-23(24-18)19-11-5-2-6-12-19)26(20-13-7-3-8-14-20)21-15-9-4-10-16-21/h2-16,18,22H,17H2,1H3/t18-,22-/m0/s1. The van der Waals surface area contributed by atoms with Crippen molar-refractivity contribution in [2.75, 3.05) is 0 Å². The molecule has 4 heteroatoms. The normalized spacial score (nSPS) is 20.3. The molecule has 0 spiro atoms. The fourth-order valence-electron chi connectivity index (χ4n) is 3.37. The van der Waals surface area contributed by atoms with Gasteiger partial charge in [0.05, 0.1) is 5.85 Å². The van der Waals surface area contributed by atoms with E-state index in [-0.39, 0.29) is 19.1 Å². The summed E-state index contributed by atoms with van der Waals surface area (Å²) < 4.78 is 12.6. The fourth-order valence-corrected chi connectivity index (χ4v) is 6.06. The van der Waals surface area contributed by atoms with Crippen LogP contribution in [0.2, 0.25) is 0 Å². The van der Waals surface area contributed by atoms with Gasteiger partial charge >= 0.3 is 7.12 Å².